The topological polar surface area (TPSA) is 57.5 Å². The Morgan fingerprint density at radius 1 is 1.83 bits per heavy atom. The van der Waals surface area contributed by atoms with Crippen molar-refractivity contribution in [3.8, 4) is 0 Å². The van der Waals surface area contributed by atoms with E-state index in [0.29, 0.717) is 0 Å². The maximum absolute atomic E-state index is 9.45. The molecule has 0 fully saturated rings. The van der Waals surface area contributed by atoms with E-state index in [9.17, 15) is 4.79 Å². The summed E-state index contributed by atoms with van der Waals surface area (Å²) in [6, 6.07) is 0. The SMILES string of the molecule is [13CH3][13C@H](O)[13C](=O)O. The zero-order chi connectivity index (χ0) is 5.15. The van der Waals surface area contributed by atoms with Crippen LogP contribution < -0.4 is 0 Å². The molecule has 0 heterocycles. The van der Waals surface area contributed by atoms with Crippen LogP contribution in [-0.2, 0) is 4.79 Å². The lowest BCUT2D eigenvalue weighted by molar-refractivity contribution is -0.145. The van der Waals surface area contributed by atoms with Gasteiger partial charge in [0, 0.05) is 0 Å². The molecule has 0 aliphatic heterocycles. The number of aliphatic hydroxyl groups excluding tert-OH is 1. The fourth-order valence-corrected chi connectivity index (χ4v) is 0. The van der Waals surface area contributed by atoms with Gasteiger partial charge in [0.05, 0.1) is 0 Å². The third kappa shape index (κ3) is 1.72. The second-order valence-corrected chi connectivity index (χ2v) is 1.01. The van der Waals surface area contributed by atoms with Gasteiger partial charge >= 0.3 is 5.97 Å². The van der Waals surface area contributed by atoms with E-state index >= 15 is 0 Å². The summed E-state index contributed by atoms with van der Waals surface area (Å²) in [6.45, 7) is 1.20. The van der Waals surface area contributed by atoms with Crippen LogP contribution >= 0.6 is 0 Å². The lowest BCUT2D eigenvalue weighted by Gasteiger charge is -1.89. The Kier molecular flexibility index (Phi) is 1.60. The van der Waals surface area contributed by atoms with Gasteiger partial charge in [-0.1, -0.05) is 0 Å². The van der Waals surface area contributed by atoms with Crippen molar-refractivity contribution in [3.63, 3.8) is 0 Å². The minimum Gasteiger partial charge on any atom is -0.479 e. The van der Waals surface area contributed by atoms with Crippen molar-refractivity contribution >= 4 is 5.97 Å². The summed E-state index contributed by atoms with van der Waals surface area (Å²) in [4.78, 5) is 9.45. The van der Waals surface area contributed by atoms with Gasteiger partial charge in [0.15, 0.2) is 0 Å². The first-order valence-electron chi connectivity index (χ1n) is 1.55. The average Bonchev–Trinajstić information content (AvgIpc) is 1.36. The molecule has 2 N–H and O–H groups in total. The van der Waals surface area contributed by atoms with Crippen LogP contribution in [0.3, 0.4) is 0 Å². The van der Waals surface area contributed by atoms with Gasteiger partial charge in [0.1, 0.15) is 6.10 Å². The van der Waals surface area contributed by atoms with Gasteiger partial charge in [-0.05, 0) is 6.92 Å². The third-order valence-corrected chi connectivity index (χ3v) is 0.357. The number of hydrogen-bond acceptors (Lipinski definition) is 2. The molecule has 0 rings (SSSR count). The molecule has 0 radical (unpaired) electrons. The van der Waals surface area contributed by atoms with Crippen molar-refractivity contribution in [2.24, 2.45) is 0 Å². The smallest absolute Gasteiger partial charge is 0.332 e. The van der Waals surface area contributed by atoms with E-state index in [1.54, 1.807) is 0 Å². The van der Waals surface area contributed by atoms with E-state index in [1.165, 1.54) is 6.92 Å². The highest BCUT2D eigenvalue weighted by atomic mass is 16.5. The molecule has 0 bridgehead atoms. The van der Waals surface area contributed by atoms with E-state index in [-0.39, 0.29) is 0 Å². The maximum Gasteiger partial charge on any atom is 0.332 e. The number of hydrogen-bond donors (Lipinski definition) is 2. The highest BCUT2D eigenvalue weighted by Crippen LogP contribution is 1.73. The molecule has 1 atom stereocenters. The molecule has 0 saturated carbocycles. The van der Waals surface area contributed by atoms with Crippen molar-refractivity contribution < 1.29 is 15.0 Å². The number of carbonyl (C=O) groups is 1. The zero-order valence-corrected chi connectivity index (χ0v) is 3.38. The molecule has 3 nitrogen and oxygen atoms in total. The second kappa shape index (κ2) is 1.77. The van der Waals surface area contributed by atoms with Gasteiger partial charge in [-0.3, -0.25) is 0 Å². The molecule has 0 unspecified atom stereocenters. The Morgan fingerprint density at radius 3 is 2.00 bits per heavy atom. The number of aliphatic hydroxyl groups is 1. The highest BCUT2D eigenvalue weighted by molar-refractivity contribution is 5.71. The summed E-state index contributed by atoms with van der Waals surface area (Å²) in [6.07, 6.45) is -1.23. The van der Waals surface area contributed by atoms with Crippen LogP contribution in [0.1, 0.15) is 6.92 Å². The molecule has 0 aliphatic carbocycles. The Hall–Kier alpha value is -0.570. The third-order valence-electron chi connectivity index (χ3n) is 0.357. The van der Waals surface area contributed by atoms with Gasteiger partial charge in [0.25, 0.3) is 0 Å². The van der Waals surface area contributed by atoms with E-state index < -0.39 is 12.1 Å². The van der Waals surface area contributed by atoms with Crippen molar-refractivity contribution in [2.45, 2.75) is 13.0 Å². The molecule has 0 aromatic rings. The lowest BCUT2D eigenvalue weighted by Crippen LogP contribution is -2.13. The molecule has 0 aromatic heterocycles. The molecule has 6 heavy (non-hydrogen) atoms. The minimum atomic E-state index is -1.23. The lowest BCUT2D eigenvalue weighted by atomic mass is 11.4. The maximum atomic E-state index is 9.45. The van der Waals surface area contributed by atoms with Crippen molar-refractivity contribution in [1.29, 1.82) is 0 Å². The Morgan fingerprint density at radius 2 is 2.00 bits per heavy atom. The van der Waals surface area contributed by atoms with Gasteiger partial charge in [-0.2, -0.15) is 0 Å². The van der Waals surface area contributed by atoms with Crippen LogP contribution in [0.15, 0.2) is 0 Å². The summed E-state index contributed by atoms with van der Waals surface area (Å²) in [5.41, 5.74) is 0. The van der Waals surface area contributed by atoms with Gasteiger partial charge < -0.3 is 10.2 Å². The molecule has 0 saturated heterocycles. The first-order chi connectivity index (χ1) is 2.64. The van der Waals surface area contributed by atoms with E-state index in [0.717, 1.165) is 0 Å². The fourth-order valence-electron chi connectivity index (χ4n) is 0. The van der Waals surface area contributed by atoms with Crippen molar-refractivity contribution in [1.82, 2.24) is 0 Å². The molecular formula is C3H6O3. The van der Waals surface area contributed by atoms with Crippen LogP contribution in [-0.4, -0.2) is 22.3 Å². The van der Waals surface area contributed by atoms with Crippen molar-refractivity contribution in [2.75, 3.05) is 0 Å². The number of aliphatic carboxylic acids is 1. The van der Waals surface area contributed by atoms with E-state index in [1.807, 2.05) is 0 Å². The average molecular weight is 93.1 g/mol. The standard InChI is InChI=1S/C3H6O3/c1-2(4)3(5)6/h2,4H,1H3,(H,5,6)/t2-/m0/s1/i1+1,2+1,3+1. The van der Waals surface area contributed by atoms with Crippen LogP contribution in [0, 0.1) is 0 Å². The molecule has 3 heteroatoms. The van der Waals surface area contributed by atoms with Crippen LogP contribution in [0.2, 0.25) is 0 Å². The van der Waals surface area contributed by atoms with E-state index in [2.05, 4.69) is 0 Å². The number of rotatable bonds is 1. The largest absolute Gasteiger partial charge is 0.479 e. The van der Waals surface area contributed by atoms with Gasteiger partial charge in [-0.25, -0.2) is 4.79 Å². The number of carboxylic acids is 1. The van der Waals surface area contributed by atoms with Gasteiger partial charge in [0.2, 0.25) is 0 Å². The monoisotopic (exact) mass is 93.0 g/mol. The molecular weight excluding hydrogens is 87.0 g/mol. The highest BCUT2D eigenvalue weighted by Gasteiger charge is 2.01. The first kappa shape index (κ1) is 5.43. The normalized spacial score (nSPS) is 13.7. The van der Waals surface area contributed by atoms with Crippen molar-refractivity contribution in [3.05, 3.63) is 0 Å². The van der Waals surface area contributed by atoms with Crippen LogP contribution in [0.4, 0.5) is 0 Å². The summed E-state index contributed by atoms with van der Waals surface area (Å²) >= 11 is 0. The summed E-state index contributed by atoms with van der Waals surface area (Å²) in [5.74, 6) is -1.19. The molecule has 0 amide bonds. The Labute approximate surface area is 35.2 Å². The quantitative estimate of drug-likeness (QED) is 0.428. The fraction of sp³-hybridized carbons (Fsp3) is 0.667. The summed E-state index contributed by atoms with van der Waals surface area (Å²) in [5, 5.41) is 15.8. The molecule has 36 valence electrons. The predicted molar refractivity (Wildman–Crippen MR) is 19.3 cm³/mol. The molecule has 0 aliphatic rings. The number of carboxylic acid groups (broad SMARTS) is 1. The Bertz CT molecular complexity index is 57.1. The predicted octanol–water partition coefficient (Wildman–Crippen LogP) is -0.548. The van der Waals surface area contributed by atoms with Crippen LogP contribution in [0.5, 0.6) is 0 Å². The first-order valence-corrected chi connectivity index (χ1v) is 1.55. The van der Waals surface area contributed by atoms with Gasteiger partial charge in [-0.15, -0.1) is 0 Å². The molecule has 0 spiro atoms. The molecule has 0 aromatic carbocycles. The van der Waals surface area contributed by atoms with Crippen LogP contribution in [0.25, 0.3) is 0 Å². The van der Waals surface area contributed by atoms with E-state index in [4.69, 9.17) is 10.2 Å². The Balaban J connectivity index is 3.26. The zero-order valence-electron chi connectivity index (χ0n) is 3.38. The minimum absolute atomic E-state index is 1.19. The summed E-state index contributed by atoms with van der Waals surface area (Å²) in [7, 11) is 0. The summed E-state index contributed by atoms with van der Waals surface area (Å²) < 4.78 is 0. The second-order valence-electron chi connectivity index (χ2n) is 1.01.